The largest absolute Gasteiger partial charge is 0.550 e. The topological polar surface area (TPSA) is 52.5 Å². The lowest BCUT2D eigenvalue weighted by atomic mass is 10.2. The number of aliphatic imine (C=N–C) groups is 1. The van der Waals surface area contributed by atoms with Crippen LogP contribution in [0.3, 0.4) is 0 Å². The highest BCUT2D eigenvalue weighted by molar-refractivity contribution is 7.78. The van der Waals surface area contributed by atoms with Gasteiger partial charge >= 0.3 is 0 Å². The molecule has 0 spiro atoms. The van der Waals surface area contributed by atoms with E-state index in [1.165, 1.54) is 0 Å². The van der Waals surface area contributed by atoms with Gasteiger partial charge in [0, 0.05) is 12.5 Å². The van der Waals surface area contributed by atoms with E-state index in [2.05, 4.69) is 22.4 Å². The molecular weight excluding hydrogens is 162 g/mol. The summed E-state index contributed by atoms with van der Waals surface area (Å²) in [5, 5.41) is 12.2. The van der Waals surface area contributed by atoms with Gasteiger partial charge in [-0.1, -0.05) is 6.42 Å². The number of carbonyl (C=O) groups excluding carboxylic acids is 1. The molecule has 0 aromatic rings. The molecule has 62 valence electrons. The molecular formula is C7H10NO2S-. The molecule has 0 aliphatic rings. The van der Waals surface area contributed by atoms with Crippen molar-refractivity contribution >= 4 is 23.3 Å². The van der Waals surface area contributed by atoms with Crippen LogP contribution in [0, 0.1) is 0 Å². The van der Waals surface area contributed by atoms with Crippen molar-refractivity contribution in [1.82, 2.24) is 0 Å². The van der Waals surface area contributed by atoms with Crippen LogP contribution in [0.1, 0.15) is 25.7 Å². The molecule has 0 heterocycles. The Balaban J connectivity index is 3.02. The molecule has 0 bridgehead atoms. The molecule has 0 saturated carbocycles. The predicted molar refractivity (Wildman–Crippen MR) is 43.4 cm³/mol. The summed E-state index contributed by atoms with van der Waals surface area (Å²) < 4.78 is 0. The van der Waals surface area contributed by atoms with Gasteiger partial charge in [0.2, 0.25) is 0 Å². The number of hydrogen-bond acceptors (Lipinski definition) is 4. The summed E-state index contributed by atoms with van der Waals surface area (Å²) in [7, 11) is 0. The smallest absolute Gasteiger partial charge is 0.0584 e. The molecule has 0 aliphatic carbocycles. The summed E-state index contributed by atoms with van der Waals surface area (Å²) in [6, 6.07) is 0. The Kier molecular flexibility index (Phi) is 6.89. The maximum atomic E-state index is 9.92. The molecule has 4 heteroatoms. The van der Waals surface area contributed by atoms with Crippen molar-refractivity contribution in [1.29, 1.82) is 0 Å². The van der Waals surface area contributed by atoms with Crippen LogP contribution >= 0.6 is 12.2 Å². The number of carboxylic acid groups (broad SMARTS) is 1. The summed E-state index contributed by atoms with van der Waals surface area (Å²) in [5.74, 6) is -0.983. The number of nitrogens with zero attached hydrogens (tertiary/aromatic N) is 1. The zero-order valence-corrected chi connectivity index (χ0v) is 7.02. The number of aliphatic carboxylic acids is 1. The second-order valence-electron chi connectivity index (χ2n) is 2.16. The standard InChI is InChI=1S/C7H11NO2S/c9-7(10)4-2-1-3-5-8-6-11/h1-5H2,(H,9,10)/p-1. The molecule has 0 saturated heterocycles. The van der Waals surface area contributed by atoms with E-state index in [-0.39, 0.29) is 6.42 Å². The van der Waals surface area contributed by atoms with Crippen LogP contribution in [0.25, 0.3) is 0 Å². The van der Waals surface area contributed by atoms with Crippen molar-refractivity contribution in [2.45, 2.75) is 25.7 Å². The van der Waals surface area contributed by atoms with E-state index < -0.39 is 5.97 Å². The summed E-state index contributed by atoms with van der Waals surface area (Å²) in [6.45, 7) is 0.649. The van der Waals surface area contributed by atoms with Crippen LogP contribution in [0.2, 0.25) is 0 Å². The number of carbonyl (C=O) groups is 1. The van der Waals surface area contributed by atoms with Crippen LogP contribution in [-0.2, 0) is 4.79 Å². The van der Waals surface area contributed by atoms with Gasteiger partial charge in [0.05, 0.1) is 5.16 Å². The van der Waals surface area contributed by atoms with Crippen molar-refractivity contribution < 1.29 is 9.90 Å². The van der Waals surface area contributed by atoms with E-state index in [9.17, 15) is 9.90 Å². The van der Waals surface area contributed by atoms with Crippen molar-refractivity contribution in [3.63, 3.8) is 0 Å². The molecule has 0 aromatic carbocycles. The van der Waals surface area contributed by atoms with Gasteiger partial charge in [-0.15, -0.1) is 0 Å². The summed E-state index contributed by atoms with van der Waals surface area (Å²) in [4.78, 5) is 13.6. The summed E-state index contributed by atoms with van der Waals surface area (Å²) in [6.07, 6.45) is 2.53. The normalized spacial score (nSPS) is 8.73. The number of isothiocyanates is 1. The van der Waals surface area contributed by atoms with Crippen LogP contribution in [0.15, 0.2) is 4.99 Å². The van der Waals surface area contributed by atoms with E-state index in [4.69, 9.17) is 0 Å². The number of hydrogen-bond donors (Lipinski definition) is 0. The van der Waals surface area contributed by atoms with Gasteiger partial charge < -0.3 is 9.90 Å². The van der Waals surface area contributed by atoms with Crippen LogP contribution in [-0.4, -0.2) is 17.7 Å². The fourth-order valence-corrected chi connectivity index (χ4v) is 0.774. The first-order valence-corrected chi connectivity index (χ1v) is 3.91. The molecule has 0 fully saturated rings. The Labute approximate surface area is 71.1 Å². The molecule has 0 rings (SSSR count). The first-order valence-electron chi connectivity index (χ1n) is 3.51. The van der Waals surface area contributed by atoms with Gasteiger partial charge in [-0.3, -0.25) is 0 Å². The van der Waals surface area contributed by atoms with Crippen LogP contribution < -0.4 is 5.11 Å². The molecule has 0 unspecified atom stereocenters. The monoisotopic (exact) mass is 172 g/mol. The third kappa shape index (κ3) is 9.27. The van der Waals surface area contributed by atoms with E-state index in [1.54, 1.807) is 0 Å². The third-order valence-electron chi connectivity index (χ3n) is 1.22. The maximum Gasteiger partial charge on any atom is 0.0584 e. The minimum absolute atomic E-state index is 0.140. The Morgan fingerprint density at radius 1 is 1.45 bits per heavy atom. The van der Waals surface area contributed by atoms with Crippen molar-refractivity contribution in [3.05, 3.63) is 0 Å². The van der Waals surface area contributed by atoms with Gasteiger partial charge in [0.1, 0.15) is 0 Å². The maximum absolute atomic E-state index is 9.92. The van der Waals surface area contributed by atoms with E-state index in [0.29, 0.717) is 13.0 Å². The third-order valence-corrected chi connectivity index (χ3v) is 1.34. The van der Waals surface area contributed by atoms with Gasteiger partial charge in [-0.25, -0.2) is 4.99 Å². The van der Waals surface area contributed by atoms with E-state index >= 15 is 0 Å². The van der Waals surface area contributed by atoms with E-state index in [1.807, 2.05) is 0 Å². The Morgan fingerprint density at radius 2 is 2.18 bits per heavy atom. The van der Waals surface area contributed by atoms with Crippen LogP contribution in [0.5, 0.6) is 0 Å². The number of rotatable bonds is 6. The highest BCUT2D eigenvalue weighted by Crippen LogP contribution is 1.98. The average molecular weight is 172 g/mol. The average Bonchev–Trinajstić information content (AvgIpc) is 1.96. The van der Waals surface area contributed by atoms with Crippen molar-refractivity contribution in [2.75, 3.05) is 6.54 Å². The SMILES string of the molecule is O=C([O-])CCCCCN=C=S. The summed E-state index contributed by atoms with van der Waals surface area (Å²) in [5.41, 5.74) is 0. The zero-order chi connectivity index (χ0) is 8.53. The van der Waals surface area contributed by atoms with Gasteiger partial charge in [-0.05, 0) is 31.5 Å². The molecule has 11 heavy (non-hydrogen) atoms. The van der Waals surface area contributed by atoms with Crippen LogP contribution in [0.4, 0.5) is 0 Å². The van der Waals surface area contributed by atoms with Gasteiger partial charge in [-0.2, -0.15) is 0 Å². The minimum atomic E-state index is -0.983. The fourth-order valence-electron chi connectivity index (χ4n) is 0.683. The van der Waals surface area contributed by atoms with Gasteiger partial charge in [0.15, 0.2) is 0 Å². The first-order chi connectivity index (χ1) is 5.27. The van der Waals surface area contributed by atoms with E-state index in [0.717, 1.165) is 12.8 Å². The molecule has 0 aliphatic heterocycles. The molecule has 0 N–H and O–H groups in total. The molecule has 0 aromatic heterocycles. The highest BCUT2D eigenvalue weighted by atomic mass is 32.1. The zero-order valence-electron chi connectivity index (χ0n) is 6.21. The molecule has 0 atom stereocenters. The fraction of sp³-hybridized carbons (Fsp3) is 0.714. The second kappa shape index (κ2) is 7.38. The van der Waals surface area contributed by atoms with Gasteiger partial charge in [0.25, 0.3) is 0 Å². The van der Waals surface area contributed by atoms with Crippen molar-refractivity contribution in [3.8, 4) is 0 Å². The Hall–Kier alpha value is -0.730. The lowest BCUT2D eigenvalue weighted by Crippen LogP contribution is -2.21. The molecule has 0 amide bonds. The van der Waals surface area contributed by atoms with Crippen molar-refractivity contribution in [2.24, 2.45) is 4.99 Å². The first kappa shape index (κ1) is 10.3. The number of unbranched alkanes of at least 4 members (excludes halogenated alkanes) is 2. The second-order valence-corrected chi connectivity index (χ2v) is 2.34. The minimum Gasteiger partial charge on any atom is -0.550 e. The number of carboxylic acids is 1. The Morgan fingerprint density at radius 3 is 2.73 bits per heavy atom. The predicted octanol–water partition coefficient (Wildman–Crippen LogP) is 0.399. The lowest BCUT2D eigenvalue weighted by Gasteiger charge is -1.99. The number of thiocarbonyl (C=S) groups is 1. The quantitative estimate of drug-likeness (QED) is 0.331. The molecule has 3 nitrogen and oxygen atoms in total. The lowest BCUT2D eigenvalue weighted by molar-refractivity contribution is -0.305. The highest BCUT2D eigenvalue weighted by Gasteiger charge is 1.88. The Bertz CT molecular complexity index is 160. The summed E-state index contributed by atoms with van der Waals surface area (Å²) >= 11 is 4.35. The molecule has 0 radical (unpaired) electrons.